The van der Waals surface area contributed by atoms with Crippen molar-refractivity contribution in [2.24, 2.45) is 0 Å². The summed E-state index contributed by atoms with van der Waals surface area (Å²) in [5.74, 6) is 0.369. The second-order valence-corrected chi connectivity index (χ2v) is 7.99. The molecule has 0 aliphatic rings. The summed E-state index contributed by atoms with van der Waals surface area (Å²) in [5.41, 5.74) is 4.84. The summed E-state index contributed by atoms with van der Waals surface area (Å²) >= 11 is 12.1. The first kappa shape index (κ1) is 23.6. The molecule has 164 valence electrons. The van der Waals surface area contributed by atoms with Crippen LogP contribution in [0, 0.1) is 0 Å². The van der Waals surface area contributed by atoms with Gasteiger partial charge in [0, 0.05) is 17.1 Å². The van der Waals surface area contributed by atoms with Crippen LogP contribution in [0.1, 0.15) is 34.8 Å². The molecule has 1 amide bonds. The van der Waals surface area contributed by atoms with E-state index in [1.54, 1.807) is 19.2 Å². The van der Waals surface area contributed by atoms with Crippen LogP contribution in [0.4, 0.5) is 0 Å². The Morgan fingerprint density at radius 1 is 1.03 bits per heavy atom. The van der Waals surface area contributed by atoms with Gasteiger partial charge >= 0.3 is 0 Å². The quantitative estimate of drug-likeness (QED) is 0.300. The van der Waals surface area contributed by atoms with Gasteiger partial charge in [-0.15, -0.1) is 0 Å². The minimum Gasteiger partial charge on any atom is -0.496 e. The van der Waals surface area contributed by atoms with Gasteiger partial charge in [0.25, 0.3) is 5.91 Å². The molecule has 0 fully saturated rings. The third-order valence-electron chi connectivity index (χ3n) is 5.03. The minimum atomic E-state index is -0.299. The molecule has 0 heterocycles. The fourth-order valence-electron chi connectivity index (χ4n) is 3.28. The number of ether oxygens (including phenoxy) is 1. The third-order valence-corrected chi connectivity index (χ3v) is 5.58. The highest BCUT2D eigenvalue weighted by Crippen LogP contribution is 2.28. The zero-order valence-electron chi connectivity index (χ0n) is 17.8. The Bertz CT molecular complexity index is 1170. The molecule has 32 heavy (non-hydrogen) atoms. The fraction of sp³-hybridized carbons (Fsp3) is 0.154. The molecule has 0 aliphatic carbocycles. The van der Waals surface area contributed by atoms with Gasteiger partial charge in [-0.1, -0.05) is 54.4 Å². The molecule has 0 saturated heterocycles. The average Bonchev–Trinajstić information content (AvgIpc) is 2.81. The van der Waals surface area contributed by atoms with Crippen LogP contribution in [-0.4, -0.2) is 19.3 Å². The first-order valence-electron chi connectivity index (χ1n) is 10.1. The second-order valence-electron chi connectivity index (χ2n) is 7.15. The van der Waals surface area contributed by atoms with Gasteiger partial charge in [0.15, 0.2) is 0 Å². The van der Waals surface area contributed by atoms with E-state index in [-0.39, 0.29) is 12.5 Å². The van der Waals surface area contributed by atoms with Crippen LogP contribution in [0.5, 0.6) is 5.75 Å². The summed E-state index contributed by atoms with van der Waals surface area (Å²) < 4.78 is 5.48. The molecule has 3 aromatic rings. The van der Waals surface area contributed by atoms with Crippen LogP contribution in [0.3, 0.4) is 0 Å². The van der Waals surface area contributed by atoms with Crippen molar-refractivity contribution in [2.75, 3.05) is 7.11 Å². The summed E-state index contributed by atoms with van der Waals surface area (Å²) in [4.78, 5) is 23.7. The lowest BCUT2D eigenvalue weighted by Crippen LogP contribution is -2.23. The van der Waals surface area contributed by atoms with Crippen molar-refractivity contribution in [1.82, 2.24) is 5.32 Å². The van der Waals surface area contributed by atoms with Crippen molar-refractivity contribution < 1.29 is 14.3 Å². The molecule has 0 aliphatic heterocycles. The molecular weight excluding hydrogens is 445 g/mol. The number of amides is 1. The summed E-state index contributed by atoms with van der Waals surface area (Å²) in [6, 6.07) is 18.5. The Labute approximate surface area is 197 Å². The lowest BCUT2D eigenvalue weighted by atomic mass is 9.99. The van der Waals surface area contributed by atoms with E-state index < -0.39 is 0 Å². The number of carbonyl (C=O) groups is 2. The molecule has 0 spiro atoms. The molecule has 3 rings (SSSR count). The van der Waals surface area contributed by atoms with Gasteiger partial charge in [-0.3, -0.25) is 9.59 Å². The second kappa shape index (κ2) is 11.0. The number of hydrogen-bond donors (Lipinski definition) is 1. The first-order chi connectivity index (χ1) is 15.4. The summed E-state index contributed by atoms with van der Waals surface area (Å²) in [6.45, 7) is 2.21. The monoisotopic (exact) mass is 467 g/mol. The Morgan fingerprint density at radius 2 is 1.81 bits per heavy atom. The lowest BCUT2D eigenvalue weighted by Gasteiger charge is -2.13. The standard InChI is InChI=1S/C26H23Cl2NO3/c1-3-17(16-30)11-18-5-4-6-19(12-18)20-7-10-25(32-2)21(13-20)15-29-26(31)23-9-8-22(27)14-24(23)28/h4-14,16H,3,15H2,1-2H3,(H,29,31)/b17-11+. The van der Waals surface area contributed by atoms with E-state index in [2.05, 4.69) is 5.32 Å². The van der Waals surface area contributed by atoms with E-state index in [1.165, 1.54) is 6.07 Å². The van der Waals surface area contributed by atoms with E-state index in [0.717, 1.165) is 34.1 Å². The number of nitrogens with one attached hydrogen (secondary N) is 1. The highest BCUT2D eigenvalue weighted by Gasteiger charge is 2.13. The normalized spacial score (nSPS) is 11.2. The number of allylic oxidation sites excluding steroid dienone is 1. The number of rotatable bonds is 8. The number of hydrogen-bond acceptors (Lipinski definition) is 3. The number of carbonyl (C=O) groups excluding carboxylic acids is 2. The zero-order chi connectivity index (χ0) is 23.1. The molecule has 0 atom stereocenters. The van der Waals surface area contributed by atoms with E-state index in [9.17, 15) is 9.59 Å². The van der Waals surface area contributed by atoms with E-state index in [1.807, 2.05) is 55.5 Å². The largest absolute Gasteiger partial charge is 0.496 e. The van der Waals surface area contributed by atoms with Crippen molar-refractivity contribution >= 4 is 41.5 Å². The van der Waals surface area contributed by atoms with Gasteiger partial charge in [0.2, 0.25) is 0 Å². The molecule has 0 saturated carbocycles. The van der Waals surface area contributed by atoms with Crippen LogP contribution < -0.4 is 10.1 Å². The minimum absolute atomic E-state index is 0.263. The van der Waals surface area contributed by atoms with E-state index in [0.29, 0.717) is 27.8 Å². The Kier molecular flexibility index (Phi) is 8.09. The first-order valence-corrected chi connectivity index (χ1v) is 10.9. The Balaban J connectivity index is 1.85. The molecule has 3 aromatic carbocycles. The van der Waals surface area contributed by atoms with Crippen molar-refractivity contribution in [1.29, 1.82) is 0 Å². The predicted octanol–water partition coefficient (Wildman–Crippen LogP) is 6.59. The smallest absolute Gasteiger partial charge is 0.253 e. The van der Waals surface area contributed by atoms with Crippen LogP contribution in [0.2, 0.25) is 10.0 Å². The van der Waals surface area contributed by atoms with Crippen LogP contribution in [-0.2, 0) is 11.3 Å². The van der Waals surface area contributed by atoms with E-state index in [4.69, 9.17) is 27.9 Å². The van der Waals surface area contributed by atoms with Crippen LogP contribution in [0.25, 0.3) is 17.2 Å². The third kappa shape index (κ3) is 5.78. The van der Waals surface area contributed by atoms with E-state index >= 15 is 0 Å². The molecule has 6 heteroatoms. The summed E-state index contributed by atoms with van der Waals surface area (Å²) in [5, 5.41) is 3.65. The molecule has 4 nitrogen and oxygen atoms in total. The molecule has 0 unspecified atom stereocenters. The Morgan fingerprint density at radius 3 is 2.50 bits per heavy atom. The van der Waals surface area contributed by atoms with Gasteiger partial charge < -0.3 is 10.1 Å². The number of halogens is 2. The van der Waals surface area contributed by atoms with Gasteiger partial charge in [0.1, 0.15) is 12.0 Å². The molecular formula is C26H23Cl2NO3. The average molecular weight is 468 g/mol. The highest BCUT2D eigenvalue weighted by molar-refractivity contribution is 6.36. The molecule has 1 N–H and O–H groups in total. The van der Waals surface area contributed by atoms with Crippen LogP contribution >= 0.6 is 23.2 Å². The van der Waals surface area contributed by atoms with Crippen LogP contribution in [0.15, 0.2) is 66.2 Å². The number of aldehydes is 1. The van der Waals surface area contributed by atoms with Crippen molar-refractivity contribution in [2.45, 2.75) is 19.9 Å². The predicted molar refractivity (Wildman–Crippen MR) is 130 cm³/mol. The molecule has 0 aromatic heterocycles. The Hall–Kier alpha value is -3.08. The van der Waals surface area contributed by atoms with Crippen molar-refractivity contribution in [3.05, 3.63) is 93.0 Å². The summed E-state index contributed by atoms with van der Waals surface area (Å²) in [6.07, 6.45) is 3.45. The number of methoxy groups -OCH3 is 1. The lowest BCUT2D eigenvalue weighted by molar-refractivity contribution is -0.104. The highest BCUT2D eigenvalue weighted by atomic mass is 35.5. The molecule has 0 radical (unpaired) electrons. The van der Waals surface area contributed by atoms with Crippen molar-refractivity contribution in [3.63, 3.8) is 0 Å². The van der Waals surface area contributed by atoms with Gasteiger partial charge in [-0.05, 0) is 71.2 Å². The van der Waals surface area contributed by atoms with Gasteiger partial charge in [-0.25, -0.2) is 0 Å². The number of benzene rings is 3. The maximum atomic E-state index is 12.6. The molecule has 0 bridgehead atoms. The maximum absolute atomic E-state index is 12.6. The fourth-order valence-corrected chi connectivity index (χ4v) is 3.78. The van der Waals surface area contributed by atoms with Gasteiger partial charge in [0.05, 0.1) is 17.7 Å². The zero-order valence-corrected chi connectivity index (χ0v) is 19.3. The van der Waals surface area contributed by atoms with Gasteiger partial charge in [-0.2, -0.15) is 0 Å². The maximum Gasteiger partial charge on any atom is 0.253 e. The topological polar surface area (TPSA) is 55.4 Å². The SMILES string of the molecule is CC/C(C=O)=C\c1cccc(-c2ccc(OC)c(CNC(=O)c3ccc(Cl)cc3Cl)c2)c1. The van der Waals surface area contributed by atoms with Crippen molar-refractivity contribution in [3.8, 4) is 16.9 Å². The summed E-state index contributed by atoms with van der Waals surface area (Å²) in [7, 11) is 1.59.